The highest BCUT2D eigenvalue weighted by molar-refractivity contribution is 5.97. The van der Waals surface area contributed by atoms with Crippen molar-refractivity contribution in [2.24, 2.45) is 0 Å². The number of benzene rings is 2. The molecule has 0 aliphatic heterocycles. The molecule has 0 atom stereocenters. The van der Waals surface area contributed by atoms with Crippen LogP contribution in [0.25, 0.3) is 17.0 Å². The molecule has 7 heteroatoms. The van der Waals surface area contributed by atoms with Gasteiger partial charge in [-0.25, -0.2) is 9.59 Å². The van der Waals surface area contributed by atoms with Gasteiger partial charge in [-0.15, -0.1) is 0 Å². The molecule has 0 saturated heterocycles. The molecule has 3 aromatic rings. The van der Waals surface area contributed by atoms with Crippen LogP contribution >= 0.6 is 0 Å². The minimum atomic E-state index is -0.745. The summed E-state index contributed by atoms with van der Waals surface area (Å²) in [6.45, 7) is 2.97. The first-order chi connectivity index (χ1) is 14.4. The lowest BCUT2D eigenvalue weighted by Crippen LogP contribution is -2.26. The Balaban J connectivity index is 1.90. The number of aromatic hydroxyl groups is 1. The molecule has 2 N–H and O–H groups in total. The number of aryl methyl sites for hydroxylation is 1. The van der Waals surface area contributed by atoms with Crippen LogP contribution in [0.5, 0.6) is 5.75 Å². The van der Waals surface area contributed by atoms with Crippen LogP contribution in [0.15, 0.2) is 63.4 Å². The average molecular weight is 407 g/mol. The third-order valence-electron chi connectivity index (χ3n) is 4.41. The number of fused-ring (bicyclic) bond motifs is 1. The van der Waals surface area contributed by atoms with Crippen molar-refractivity contribution >= 4 is 28.9 Å². The summed E-state index contributed by atoms with van der Waals surface area (Å²) >= 11 is 0. The third kappa shape index (κ3) is 4.94. The van der Waals surface area contributed by atoms with Gasteiger partial charge in [-0.2, -0.15) is 0 Å². The van der Waals surface area contributed by atoms with E-state index in [0.717, 1.165) is 0 Å². The number of ether oxygens (including phenoxy) is 1. The minimum absolute atomic E-state index is 0.0205. The van der Waals surface area contributed by atoms with Crippen molar-refractivity contribution in [3.63, 3.8) is 0 Å². The molecule has 0 aliphatic carbocycles. The lowest BCUT2D eigenvalue weighted by Gasteiger charge is -2.11. The van der Waals surface area contributed by atoms with Crippen molar-refractivity contribution in [3.8, 4) is 5.75 Å². The SMILES string of the molecule is CCc1cc2c(COC(=O)/C(=C/c3ccccc3)NC(C)=O)cc(=O)oc2cc1O. The Morgan fingerprint density at radius 3 is 2.53 bits per heavy atom. The molecular formula is C23H21NO6. The first-order valence-corrected chi connectivity index (χ1v) is 9.37. The van der Waals surface area contributed by atoms with E-state index in [1.54, 1.807) is 30.3 Å². The lowest BCUT2D eigenvalue weighted by atomic mass is 10.0. The molecule has 0 saturated carbocycles. The Labute approximate surface area is 172 Å². The van der Waals surface area contributed by atoms with Crippen molar-refractivity contribution in [3.05, 3.63) is 81.3 Å². The van der Waals surface area contributed by atoms with Gasteiger partial charge in [0.05, 0.1) is 0 Å². The van der Waals surface area contributed by atoms with Crippen LogP contribution in [0.4, 0.5) is 0 Å². The number of nitrogens with one attached hydrogen (secondary N) is 1. The number of amides is 1. The van der Waals surface area contributed by atoms with Crippen molar-refractivity contribution in [1.82, 2.24) is 5.32 Å². The molecule has 30 heavy (non-hydrogen) atoms. The zero-order valence-electron chi connectivity index (χ0n) is 16.6. The number of carbonyl (C=O) groups is 2. The molecule has 154 valence electrons. The summed E-state index contributed by atoms with van der Waals surface area (Å²) in [6, 6.07) is 13.3. The van der Waals surface area contributed by atoms with Gasteiger partial charge < -0.3 is 19.6 Å². The number of carbonyl (C=O) groups excluding carboxylic acids is 2. The van der Waals surface area contributed by atoms with E-state index >= 15 is 0 Å². The van der Waals surface area contributed by atoms with Crippen LogP contribution in [0.1, 0.15) is 30.5 Å². The summed E-state index contributed by atoms with van der Waals surface area (Å²) in [5.74, 6) is -1.13. The Morgan fingerprint density at radius 2 is 1.87 bits per heavy atom. The Kier molecular flexibility index (Phi) is 6.32. The van der Waals surface area contributed by atoms with E-state index in [1.807, 2.05) is 13.0 Å². The van der Waals surface area contributed by atoms with Gasteiger partial charge in [-0.1, -0.05) is 37.3 Å². The zero-order chi connectivity index (χ0) is 21.7. The predicted molar refractivity (Wildman–Crippen MR) is 112 cm³/mol. The summed E-state index contributed by atoms with van der Waals surface area (Å²) in [5.41, 5.74) is 1.38. The van der Waals surface area contributed by atoms with Crippen LogP contribution in [0, 0.1) is 0 Å². The monoisotopic (exact) mass is 407 g/mol. The molecule has 0 bridgehead atoms. The van der Waals surface area contributed by atoms with Crippen LogP contribution in [0.3, 0.4) is 0 Å². The molecule has 1 amide bonds. The van der Waals surface area contributed by atoms with Gasteiger partial charge >= 0.3 is 11.6 Å². The molecule has 3 rings (SSSR count). The maximum absolute atomic E-state index is 12.6. The van der Waals surface area contributed by atoms with Gasteiger partial charge in [0.15, 0.2) is 0 Å². The highest BCUT2D eigenvalue weighted by atomic mass is 16.5. The van der Waals surface area contributed by atoms with E-state index in [4.69, 9.17) is 9.15 Å². The van der Waals surface area contributed by atoms with E-state index in [1.165, 1.54) is 25.1 Å². The summed E-state index contributed by atoms with van der Waals surface area (Å²) in [7, 11) is 0. The number of esters is 1. The average Bonchev–Trinajstić information content (AvgIpc) is 2.71. The second-order valence-corrected chi connectivity index (χ2v) is 6.65. The number of rotatable bonds is 6. The Hall–Kier alpha value is -3.87. The first kappa shape index (κ1) is 20.9. The van der Waals surface area contributed by atoms with E-state index < -0.39 is 17.5 Å². The molecular weight excluding hydrogens is 386 g/mol. The number of hydrogen-bond acceptors (Lipinski definition) is 6. The summed E-state index contributed by atoms with van der Waals surface area (Å²) in [6.07, 6.45) is 2.08. The maximum atomic E-state index is 12.6. The second kappa shape index (κ2) is 9.09. The van der Waals surface area contributed by atoms with Gasteiger partial charge in [0.1, 0.15) is 23.6 Å². The van der Waals surface area contributed by atoms with Gasteiger partial charge in [0.25, 0.3) is 0 Å². The summed E-state index contributed by atoms with van der Waals surface area (Å²) in [5, 5.41) is 13.0. The standard InChI is InChI=1S/C23H21NO6/c1-3-16-10-18-17(11-22(27)30-21(18)12-20(16)26)13-29-23(28)19(24-14(2)25)9-15-7-5-4-6-8-15/h4-12,26H,3,13H2,1-2H3,(H,24,25)/b19-9-. The normalized spacial score (nSPS) is 11.3. The number of phenolic OH excluding ortho intramolecular Hbond substituents is 1. The van der Waals surface area contributed by atoms with Gasteiger partial charge in [-0.05, 0) is 29.7 Å². The lowest BCUT2D eigenvalue weighted by molar-refractivity contribution is -0.141. The number of phenols is 1. The van der Waals surface area contributed by atoms with Gasteiger partial charge in [0, 0.05) is 30.0 Å². The zero-order valence-corrected chi connectivity index (χ0v) is 16.6. The van der Waals surface area contributed by atoms with Crippen molar-refractivity contribution in [2.45, 2.75) is 26.9 Å². The Bertz CT molecular complexity index is 1180. The number of hydrogen-bond donors (Lipinski definition) is 2. The molecule has 2 aromatic carbocycles. The second-order valence-electron chi connectivity index (χ2n) is 6.65. The molecule has 0 fully saturated rings. The fourth-order valence-electron chi connectivity index (χ4n) is 2.98. The predicted octanol–water partition coefficient (Wildman–Crippen LogP) is 3.28. The van der Waals surface area contributed by atoms with Crippen molar-refractivity contribution < 1.29 is 23.8 Å². The largest absolute Gasteiger partial charge is 0.508 e. The van der Waals surface area contributed by atoms with Crippen LogP contribution < -0.4 is 10.9 Å². The van der Waals surface area contributed by atoms with Gasteiger partial charge in [0.2, 0.25) is 5.91 Å². The quantitative estimate of drug-likeness (QED) is 0.369. The minimum Gasteiger partial charge on any atom is -0.508 e. The topological polar surface area (TPSA) is 106 Å². The summed E-state index contributed by atoms with van der Waals surface area (Å²) in [4.78, 5) is 36.0. The van der Waals surface area contributed by atoms with Crippen LogP contribution in [-0.4, -0.2) is 17.0 Å². The van der Waals surface area contributed by atoms with E-state index in [0.29, 0.717) is 28.5 Å². The van der Waals surface area contributed by atoms with Crippen molar-refractivity contribution in [1.29, 1.82) is 0 Å². The third-order valence-corrected chi connectivity index (χ3v) is 4.41. The molecule has 7 nitrogen and oxygen atoms in total. The summed E-state index contributed by atoms with van der Waals surface area (Å²) < 4.78 is 10.5. The smallest absolute Gasteiger partial charge is 0.355 e. The highest BCUT2D eigenvalue weighted by Crippen LogP contribution is 2.27. The van der Waals surface area contributed by atoms with E-state index in [2.05, 4.69) is 5.32 Å². The van der Waals surface area contributed by atoms with E-state index in [-0.39, 0.29) is 23.6 Å². The molecule has 0 radical (unpaired) electrons. The fraction of sp³-hybridized carbons (Fsp3) is 0.174. The molecule has 0 spiro atoms. The molecule has 0 aliphatic rings. The van der Waals surface area contributed by atoms with Gasteiger partial charge in [-0.3, -0.25) is 4.79 Å². The van der Waals surface area contributed by atoms with Crippen molar-refractivity contribution in [2.75, 3.05) is 0 Å². The fourth-order valence-corrected chi connectivity index (χ4v) is 2.98. The van der Waals surface area contributed by atoms with Crippen LogP contribution in [0.2, 0.25) is 0 Å². The Morgan fingerprint density at radius 1 is 1.13 bits per heavy atom. The van der Waals surface area contributed by atoms with E-state index in [9.17, 15) is 19.5 Å². The highest BCUT2D eigenvalue weighted by Gasteiger charge is 2.16. The molecule has 0 unspecified atom stereocenters. The first-order valence-electron chi connectivity index (χ1n) is 9.37. The molecule has 1 aromatic heterocycles. The van der Waals surface area contributed by atoms with Crippen LogP contribution in [-0.2, 0) is 27.4 Å². The molecule has 1 heterocycles. The maximum Gasteiger partial charge on any atom is 0.355 e.